The number of aldehydes is 1. The molecule has 19 nitrogen and oxygen atoms in total. The Kier molecular flexibility index (Phi) is 61.9. The van der Waals surface area contributed by atoms with E-state index in [2.05, 4.69) is 69.3 Å². The van der Waals surface area contributed by atoms with E-state index in [1.807, 2.05) is 221 Å². The maximum absolute atomic E-state index is 11.7. The number of carbonyl (C=O) groups is 6. The Morgan fingerprint density at radius 3 is 1.14 bits per heavy atom. The molecule has 7 atom stereocenters. The Hall–Kier alpha value is -8.46. The fraction of sp³-hybridized carbons (Fsp3) is 0.362. The predicted molar refractivity (Wildman–Crippen MR) is 473 cm³/mol. The van der Waals surface area contributed by atoms with Crippen molar-refractivity contribution in [1.29, 1.82) is 0 Å². The van der Waals surface area contributed by atoms with E-state index in [9.17, 15) is 39.3 Å². The first kappa shape index (κ1) is 111. The summed E-state index contributed by atoms with van der Waals surface area (Å²) in [6.45, 7) is 20.8. The molecule has 2 aliphatic rings. The number of nitrogens with two attached hydrogens (primary N) is 4. The minimum atomic E-state index is -1.08. The van der Waals surface area contributed by atoms with Crippen molar-refractivity contribution < 1.29 is 103 Å². The number of halogens is 2. The maximum atomic E-state index is 11.7. The Bertz CT molecular complexity index is 4100. The number of benzene rings is 9. The summed E-state index contributed by atoms with van der Waals surface area (Å²) in [5.74, 6) is 0.0213. The van der Waals surface area contributed by atoms with Crippen LogP contribution in [0.3, 0.4) is 0 Å². The van der Waals surface area contributed by atoms with E-state index in [1.54, 1.807) is 31.2 Å². The van der Waals surface area contributed by atoms with E-state index in [0.29, 0.717) is 66.5 Å². The number of aliphatic hydroxyl groups excluding tert-OH is 3. The Morgan fingerprint density at radius 1 is 0.504 bits per heavy atom. The number of carboxylic acid groups (broad SMARTS) is 1. The van der Waals surface area contributed by atoms with Crippen molar-refractivity contribution in [3.63, 3.8) is 0 Å². The summed E-state index contributed by atoms with van der Waals surface area (Å²) in [5, 5.41) is 38.4. The van der Waals surface area contributed by atoms with Crippen LogP contribution in [0.1, 0.15) is 225 Å². The fourth-order valence-electron chi connectivity index (χ4n) is 10.8. The van der Waals surface area contributed by atoms with Crippen LogP contribution in [0.5, 0.6) is 17.2 Å². The topological polar surface area (TPSA) is 336 Å². The Balaban J connectivity index is 0. The van der Waals surface area contributed by atoms with Crippen molar-refractivity contribution in [2.45, 2.75) is 210 Å². The van der Waals surface area contributed by atoms with Gasteiger partial charge in [0.05, 0.1) is 35.7 Å². The number of unbranched alkanes of at least 4 members (excludes halogenated alkanes) is 4. The number of fused-ring (bicyclic) bond motifs is 2. The van der Waals surface area contributed by atoms with Crippen LogP contribution < -0.4 is 71.8 Å². The van der Waals surface area contributed by atoms with Gasteiger partial charge in [0.25, 0.3) is 0 Å². The van der Waals surface area contributed by atoms with Crippen LogP contribution in [0.4, 0.5) is 0 Å². The van der Waals surface area contributed by atoms with Gasteiger partial charge in [0.15, 0.2) is 11.6 Å². The molecule has 0 bridgehead atoms. The number of ether oxygens (including phenoxy) is 3. The molecule has 0 spiro atoms. The zero-order valence-corrected chi connectivity index (χ0v) is 74.6. The standard InChI is InChI=1S/C16H17BrO2.C16H15BrO2.C16H16O2.2C9H11NO.2C7H17N.C7H6O.C4H6O4.C2H4O2.CH4.B.Na/c2*1-12-7-14(16(18)10-17)9-15(8-12)19-11-13-5-3-2-4-6-13;1-12-8-15(13(2)17)10-16(9-12)18-11-14-6-4-3-5-7-14;2*10-9-7-4-2-1-3-6(7)5-8(9)11;2*1-3-4-5-6-7(2)8;8-6-7-4-2-1-3-5-7;1-3(5)7-8-4(2)6;1-2(3)4;;;/h2-9,16,18H,10-11H2,1H3;2-9H,10-11H2,1H3;3-10H,11H2,1-2H3;2*1-4,8-9,11H,5,10H2;2*7H,3-6,8H2,1-2H3;1-6H;1-2H3;1H3,(H,3,4);1H4;;/q;;;;;;;;;;;;+1/p-1/t;;;2*8-,9+;;;;;;;;/m...10......../s1. The minimum absolute atomic E-state index is 0. The fourth-order valence-corrected chi connectivity index (χ4v) is 11.5. The van der Waals surface area contributed by atoms with Gasteiger partial charge in [-0.2, -0.15) is 0 Å². The van der Waals surface area contributed by atoms with Crippen LogP contribution in [0, 0.1) is 20.8 Å². The van der Waals surface area contributed by atoms with Crippen molar-refractivity contribution in [2.24, 2.45) is 22.9 Å². The normalized spacial score (nSPS) is 13.8. The Labute approximate surface area is 736 Å². The summed E-state index contributed by atoms with van der Waals surface area (Å²) >= 11 is 6.47. The van der Waals surface area contributed by atoms with Gasteiger partial charge in [0.2, 0.25) is 0 Å². The van der Waals surface area contributed by atoms with Crippen molar-refractivity contribution in [2.75, 3.05) is 10.7 Å². The molecule has 0 saturated carbocycles. The molecule has 9 aromatic carbocycles. The van der Waals surface area contributed by atoms with Gasteiger partial charge < -0.3 is 62.4 Å². The first-order valence-corrected chi connectivity index (χ1v) is 40.4. The number of hydrogen-bond acceptors (Lipinski definition) is 19. The van der Waals surface area contributed by atoms with Gasteiger partial charge in [-0.15, -0.1) is 0 Å². The average molecular weight is 1740 g/mol. The largest absolute Gasteiger partial charge is 1.00 e. The first-order valence-electron chi connectivity index (χ1n) is 38.2. The number of alkyl halides is 2. The van der Waals surface area contributed by atoms with Gasteiger partial charge >= 0.3 is 41.5 Å². The number of hydrogen-bond donors (Lipinski definition) is 7. The van der Waals surface area contributed by atoms with Gasteiger partial charge in [0, 0.05) is 75.2 Å². The molecule has 0 fully saturated rings. The van der Waals surface area contributed by atoms with E-state index in [-0.39, 0.29) is 81.3 Å². The molecular weight excluding hydrogens is 1620 g/mol. The summed E-state index contributed by atoms with van der Waals surface area (Å²) in [6, 6.07) is 72.4. The van der Waals surface area contributed by atoms with E-state index in [1.165, 1.54) is 62.5 Å². The summed E-state index contributed by atoms with van der Waals surface area (Å²) in [5.41, 5.74) is 36.6. The van der Waals surface area contributed by atoms with Gasteiger partial charge in [-0.25, -0.2) is 19.4 Å². The number of aryl methyl sites for hydroxylation is 3. The van der Waals surface area contributed by atoms with Crippen molar-refractivity contribution in [3.8, 4) is 17.2 Å². The van der Waals surface area contributed by atoms with E-state index in [4.69, 9.17) is 47.0 Å². The quantitative estimate of drug-likeness (QED) is 0.00595. The summed E-state index contributed by atoms with van der Waals surface area (Å²) in [7, 11) is 0. The number of rotatable bonds is 23. The number of ketones is 2. The van der Waals surface area contributed by atoms with E-state index >= 15 is 0 Å². The zero-order valence-electron chi connectivity index (χ0n) is 69.5. The van der Waals surface area contributed by atoms with E-state index < -0.39 is 24.0 Å². The third kappa shape index (κ3) is 50.8. The Morgan fingerprint density at radius 2 is 0.829 bits per heavy atom. The van der Waals surface area contributed by atoms with Crippen LogP contribution in [-0.4, -0.2) is 94.4 Å². The van der Waals surface area contributed by atoms with Crippen molar-refractivity contribution in [1.82, 2.24) is 0 Å². The summed E-state index contributed by atoms with van der Waals surface area (Å²) in [4.78, 5) is 69.3. The number of aliphatic hydroxyl groups is 3. The van der Waals surface area contributed by atoms with Crippen LogP contribution in [0.25, 0.3) is 0 Å². The van der Waals surface area contributed by atoms with Crippen LogP contribution in [0.15, 0.2) is 224 Å². The molecule has 117 heavy (non-hydrogen) atoms. The molecule has 0 aromatic heterocycles. The van der Waals surface area contributed by atoms with Crippen molar-refractivity contribution >= 4 is 76.0 Å². The van der Waals surface area contributed by atoms with Gasteiger partial charge in [-0.3, -0.25) is 14.4 Å². The van der Waals surface area contributed by atoms with Gasteiger partial charge in [-0.05, 0) is 171 Å². The second-order valence-electron chi connectivity index (χ2n) is 27.4. The molecule has 11 rings (SSSR count). The van der Waals surface area contributed by atoms with Crippen molar-refractivity contribution in [3.05, 3.63) is 302 Å². The molecule has 3 radical (unpaired) electrons. The number of carbonyl (C=O) groups excluding carboxylic acids is 6. The number of carboxylic acids is 1. The predicted octanol–water partition coefficient (Wildman–Crippen LogP) is 14.5. The molecular formula is C94H123BBr2N4NaO15. The molecule has 9 aromatic rings. The number of aliphatic carboxylic acids is 1. The smallest absolute Gasteiger partial charge is 0.550 e. The molecule has 2 aliphatic carbocycles. The van der Waals surface area contributed by atoms with Crippen LogP contribution in [-0.2, 0) is 56.8 Å². The monoisotopic (exact) mass is 1740 g/mol. The molecule has 0 amide bonds. The first-order chi connectivity index (χ1) is 54.4. The maximum Gasteiger partial charge on any atom is 1.00 e. The SMILES string of the molecule is C.CC(=O)OOC(C)=O.CC(=O)[O-].CC(=O)c1cc(C)cc(OCc2ccccc2)c1.CCCCCC(C)N.CCCCCC(C)N.Cc1cc(OCc2ccccc2)cc(C(=O)CBr)c1.Cc1cc(OCc2ccccc2)cc(C(O)CBr)c1.N[C@@H]1c2ccccc2C[C@@H]1O.N[C@H]1c2ccccc2C[C@H]1O.O=Cc1ccccc1.[B].[Na+]. The second kappa shape index (κ2) is 65.5. The second-order valence-corrected chi connectivity index (χ2v) is 28.6. The molecule has 23 heteroatoms. The molecule has 3 unspecified atom stereocenters. The molecule has 627 valence electrons. The molecule has 0 saturated heterocycles. The molecule has 0 aliphatic heterocycles. The third-order valence-electron chi connectivity index (χ3n) is 16.6. The van der Waals surface area contributed by atoms with E-state index in [0.717, 1.165) is 99.9 Å². The number of Topliss-reactive ketones (excluding diaryl/α,β-unsaturated/α-hetero) is 2. The van der Waals surface area contributed by atoms with Crippen LogP contribution >= 0.6 is 31.9 Å². The average Bonchev–Trinajstić information content (AvgIpc) is 1.70. The van der Waals surface area contributed by atoms with Crippen LogP contribution in [0.2, 0.25) is 0 Å². The summed E-state index contributed by atoms with van der Waals surface area (Å²) < 4.78 is 17.2. The summed E-state index contributed by atoms with van der Waals surface area (Å²) in [6.07, 6.45) is 11.2. The van der Waals surface area contributed by atoms with Gasteiger partial charge in [0.1, 0.15) is 43.4 Å². The third-order valence-corrected chi connectivity index (χ3v) is 17.7. The molecule has 0 heterocycles. The van der Waals surface area contributed by atoms with Gasteiger partial charge in [-0.1, -0.05) is 268 Å². The minimum Gasteiger partial charge on any atom is -0.550 e. The zero-order chi connectivity index (χ0) is 84.8. The molecule has 11 N–H and O–H groups in total.